The maximum absolute atomic E-state index is 11.7. The van der Waals surface area contributed by atoms with Gasteiger partial charge in [0.25, 0.3) is 5.56 Å². The van der Waals surface area contributed by atoms with Crippen molar-refractivity contribution < 1.29 is 0 Å². The van der Waals surface area contributed by atoms with E-state index in [1.54, 1.807) is 0 Å². The van der Waals surface area contributed by atoms with E-state index in [0.29, 0.717) is 10.4 Å². The lowest BCUT2D eigenvalue weighted by atomic mass is 9.80. The first-order valence-corrected chi connectivity index (χ1v) is 7.17. The zero-order valence-electron chi connectivity index (χ0n) is 10.4. The van der Waals surface area contributed by atoms with Gasteiger partial charge in [-0.25, -0.2) is 4.98 Å². The lowest BCUT2D eigenvalue weighted by Crippen LogP contribution is -2.21. The van der Waals surface area contributed by atoms with Crippen LogP contribution in [-0.2, 0) is 0 Å². The Morgan fingerprint density at radius 1 is 1.47 bits per heavy atom. The van der Waals surface area contributed by atoms with Crippen molar-refractivity contribution in [2.75, 3.05) is 0 Å². The molecule has 1 heterocycles. The van der Waals surface area contributed by atoms with Crippen molar-refractivity contribution in [3.05, 3.63) is 26.3 Å². The Morgan fingerprint density at radius 2 is 2.24 bits per heavy atom. The standard InChI is InChI=1S/C13H19BrN2O/c1-3-9-5-4-6-10(7-9)12-15-8(2)11(14)13(17)16-12/h9-10H,3-7H2,1-2H3,(H,15,16,17). The van der Waals surface area contributed by atoms with E-state index in [9.17, 15) is 4.79 Å². The molecule has 1 aliphatic carbocycles. The fourth-order valence-electron chi connectivity index (χ4n) is 2.70. The van der Waals surface area contributed by atoms with Crippen molar-refractivity contribution in [3.63, 3.8) is 0 Å². The summed E-state index contributed by atoms with van der Waals surface area (Å²) in [5.74, 6) is 2.12. The van der Waals surface area contributed by atoms with Crippen molar-refractivity contribution in [1.82, 2.24) is 9.97 Å². The van der Waals surface area contributed by atoms with Crippen LogP contribution >= 0.6 is 15.9 Å². The summed E-state index contributed by atoms with van der Waals surface area (Å²) in [6, 6.07) is 0. The summed E-state index contributed by atoms with van der Waals surface area (Å²) < 4.78 is 0.559. The van der Waals surface area contributed by atoms with Crippen LogP contribution < -0.4 is 5.56 Å². The average Bonchev–Trinajstić information content (AvgIpc) is 2.35. The van der Waals surface area contributed by atoms with Crippen LogP contribution in [0.4, 0.5) is 0 Å². The van der Waals surface area contributed by atoms with Crippen LogP contribution in [0.25, 0.3) is 0 Å². The molecule has 1 N–H and O–H groups in total. The molecule has 0 amide bonds. The van der Waals surface area contributed by atoms with E-state index in [2.05, 4.69) is 32.8 Å². The fraction of sp³-hybridized carbons (Fsp3) is 0.692. The summed E-state index contributed by atoms with van der Waals surface area (Å²) in [6.07, 6.45) is 6.13. The van der Waals surface area contributed by atoms with Gasteiger partial charge in [-0.2, -0.15) is 0 Å². The Kier molecular flexibility index (Phi) is 4.02. The molecule has 0 radical (unpaired) electrons. The van der Waals surface area contributed by atoms with E-state index in [1.165, 1.54) is 25.7 Å². The number of nitrogens with zero attached hydrogens (tertiary/aromatic N) is 1. The molecule has 3 nitrogen and oxygen atoms in total. The third-order valence-electron chi connectivity index (χ3n) is 3.79. The zero-order valence-corrected chi connectivity index (χ0v) is 12.0. The molecule has 2 atom stereocenters. The number of H-pyrrole nitrogens is 1. The zero-order chi connectivity index (χ0) is 12.4. The van der Waals surface area contributed by atoms with E-state index in [-0.39, 0.29) is 5.56 Å². The number of rotatable bonds is 2. The highest BCUT2D eigenvalue weighted by Gasteiger charge is 2.24. The lowest BCUT2D eigenvalue weighted by molar-refractivity contribution is 0.306. The molecule has 0 aliphatic heterocycles. The van der Waals surface area contributed by atoms with Crippen molar-refractivity contribution in [3.8, 4) is 0 Å². The number of aryl methyl sites for hydroxylation is 1. The summed E-state index contributed by atoms with van der Waals surface area (Å²) in [6.45, 7) is 4.12. The van der Waals surface area contributed by atoms with Crippen LogP contribution in [0.15, 0.2) is 9.27 Å². The number of aromatic amines is 1. The minimum atomic E-state index is -0.0499. The summed E-state index contributed by atoms with van der Waals surface area (Å²) in [7, 11) is 0. The van der Waals surface area contributed by atoms with Crippen LogP contribution in [0.5, 0.6) is 0 Å². The monoisotopic (exact) mass is 298 g/mol. The molecule has 1 saturated carbocycles. The van der Waals surface area contributed by atoms with E-state index in [4.69, 9.17) is 0 Å². The highest BCUT2D eigenvalue weighted by molar-refractivity contribution is 9.10. The molecule has 1 aromatic rings. The molecular formula is C13H19BrN2O. The first kappa shape index (κ1) is 12.8. The van der Waals surface area contributed by atoms with Gasteiger partial charge in [-0.1, -0.05) is 26.2 Å². The molecule has 17 heavy (non-hydrogen) atoms. The molecular weight excluding hydrogens is 280 g/mol. The normalized spacial score (nSPS) is 24.9. The van der Waals surface area contributed by atoms with Crippen LogP contribution in [0.2, 0.25) is 0 Å². The molecule has 0 bridgehead atoms. The van der Waals surface area contributed by atoms with Gasteiger partial charge in [-0.05, 0) is 41.6 Å². The number of hydrogen-bond acceptors (Lipinski definition) is 2. The van der Waals surface area contributed by atoms with Crippen LogP contribution in [0.1, 0.15) is 56.5 Å². The van der Waals surface area contributed by atoms with Gasteiger partial charge in [-0.3, -0.25) is 4.79 Å². The first-order valence-electron chi connectivity index (χ1n) is 6.38. The molecule has 1 aliphatic rings. The lowest BCUT2D eigenvalue weighted by Gasteiger charge is -2.27. The third-order valence-corrected chi connectivity index (χ3v) is 4.73. The van der Waals surface area contributed by atoms with E-state index >= 15 is 0 Å². The van der Waals surface area contributed by atoms with Crippen LogP contribution in [0, 0.1) is 12.8 Å². The summed E-state index contributed by atoms with van der Waals surface area (Å²) >= 11 is 3.26. The Morgan fingerprint density at radius 3 is 2.88 bits per heavy atom. The molecule has 0 aromatic carbocycles. The highest BCUT2D eigenvalue weighted by atomic mass is 79.9. The number of nitrogens with one attached hydrogen (secondary N) is 1. The molecule has 4 heteroatoms. The van der Waals surface area contributed by atoms with Crippen LogP contribution in [0.3, 0.4) is 0 Å². The summed E-state index contributed by atoms with van der Waals surface area (Å²) in [5, 5.41) is 0. The molecule has 1 aromatic heterocycles. The van der Waals surface area contributed by atoms with Gasteiger partial charge in [0.2, 0.25) is 0 Å². The van der Waals surface area contributed by atoms with Gasteiger partial charge in [0, 0.05) is 5.92 Å². The topological polar surface area (TPSA) is 45.8 Å². The molecule has 1 fully saturated rings. The summed E-state index contributed by atoms with van der Waals surface area (Å²) in [4.78, 5) is 19.2. The second-order valence-corrected chi connectivity index (χ2v) is 5.78. The van der Waals surface area contributed by atoms with Gasteiger partial charge in [-0.15, -0.1) is 0 Å². The predicted octanol–water partition coefficient (Wildman–Crippen LogP) is 3.52. The van der Waals surface area contributed by atoms with Gasteiger partial charge < -0.3 is 4.98 Å². The van der Waals surface area contributed by atoms with E-state index in [1.807, 2.05) is 6.92 Å². The molecule has 0 saturated heterocycles. The molecule has 2 rings (SSSR count). The van der Waals surface area contributed by atoms with Crippen molar-refractivity contribution in [1.29, 1.82) is 0 Å². The quantitative estimate of drug-likeness (QED) is 0.908. The Labute approximate surface area is 110 Å². The fourth-order valence-corrected chi connectivity index (χ4v) is 2.88. The Hall–Kier alpha value is -0.640. The second kappa shape index (κ2) is 5.34. The second-order valence-electron chi connectivity index (χ2n) is 4.99. The maximum atomic E-state index is 11.7. The number of aromatic nitrogens is 2. The van der Waals surface area contributed by atoms with Crippen LogP contribution in [-0.4, -0.2) is 9.97 Å². The van der Waals surface area contributed by atoms with Gasteiger partial charge in [0.05, 0.1) is 5.69 Å². The molecule has 2 unspecified atom stereocenters. The van der Waals surface area contributed by atoms with E-state index in [0.717, 1.165) is 23.9 Å². The Balaban J connectivity index is 2.25. The third kappa shape index (κ3) is 2.79. The van der Waals surface area contributed by atoms with Gasteiger partial charge in [0.1, 0.15) is 10.3 Å². The first-order chi connectivity index (χ1) is 8.11. The highest BCUT2D eigenvalue weighted by Crippen LogP contribution is 2.35. The minimum Gasteiger partial charge on any atom is -0.309 e. The Bertz CT molecular complexity index is 455. The predicted molar refractivity (Wildman–Crippen MR) is 72.3 cm³/mol. The van der Waals surface area contributed by atoms with Gasteiger partial charge >= 0.3 is 0 Å². The summed E-state index contributed by atoms with van der Waals surface area (Å²) in [5.41, 5.74) is 0.744. The number of halogens is 1. The maximum Gasteiger partial charge on any atom is 0.265 e. The minimum absolute atomic E-state index is 0.0499. The SMILES string of the molecule is CCC1CCCC(c2nc(C)c(Br)c(=O)[nH]2)C1. The molecule has 0 spiro atoms. The van der Waals surface area contributed by atoms with Crippen molar-refractivity contribution >= 4 is 15.9 Å². The van der Waals surface area contributed by atoms with Crippen molar-refractivity contribution in [2.24, 2.45) is 5.92 Å². The van der Waals surface area contributed by atoms with Crippen molar-refractivity contribution in [2.45, 2.75) is 51.9 Å². The average molecular weight is 299 g/mol. The smallest absolute Gasteiger partial charge is 0.265 e. The molecule has 94 valence electrons. The van der Waals surface area contributed by atoms with E-state index < -0.39 is 0 Å². The largest absolute Gasteiger partial charge is 0.309 e. The van der Waals surface area contributed by atoms with Gasteiger partial charge in [0.15, 0.2) is 0 Å². The number of hydrogen-bond donors (Lipinski definition) is 1.